The quantitative estimate of drug-likeness (QED) is 0.804. The Balaban J connectivity index is 0.00000208. The van der Waals surface area contributed by atoms with Gasteiger partial charge in [-0.3, -0.25) is 4.79 Å². The number of carbonyl (C=O) groups excluding carboxylic acids is 1. The summed E-state index contributed by atoms with van der Waals surface area (Å²) in [5, 5.41) is 3.19. The maximum Gasteiger partial charge on any atom is 0.316 e. The standard InChI is InChI=1S/C16H22N2O4S.ClH/c1-12-11-17-9-10-18(12)23(20,21)14-5-3-13(4-6-14)16(7-8-16)15(19)22-2;/h3-6,12,17H,7-11H2,1-2H3;1H. The van der Waals surface area contributed by atoms with Gasteiger partial charge in [0.25, 0.3) is 0 Å². The second kappa shape index (κ2) is 7.00. The van der Waals surface area contributed by atoms with Crippen molar-refractivity contribution in [3.63, 3.8) is 0 Å². The van der Waals surface area contributed by atoms with E-state index in [0.29, 0.717) is 19.6 Å². The highest BCUT2D eigenvalue weighted by atomic mass is 35.5. The number of nitrogens with one attached hydrogen (secondary N) is 1. The van der Waals surface area contributed by atoms with Gasteiger partial charge in [-0.2, -0.15) is 4.31 Å². The normalized spacial score (nSPS) is 23.2. The van der Waals surface area contributed by atoms with Gasteiger partial charge in [0.2, 0.25) is 10.0 Å². The minimum atomic E-state index is -3.50. The number of benzene rings is 1. The number of esters is 1. The van der Waals surface area contributed by atoms with E-state index in [1.807, 2.05) is 6.92 Å². The maximum atomic E-state index is 12.8. The van der Waals surface area contributed by atoms with E-state index >= 15 is 0 Å². The highest BCUT2D eigenvalue weighted by Gasteiger charge is 2.52. The molecule has 0 bridgehead atoms. The predicted octanol–water partition coefficient (Wildman–Crippen LogP) is 1.30. The smallest absolute Gasteiger partial charge is 0.316 e. The van der Waals surface area contributed by atoms with Crippen LogP contribution in [-0.2, 0) is 25.0 Å². The van der Waals surface area contributed by atoms with Gasteiger partial charge in [0.15, 0.2) is 0 Å². The molecule has 1 heterocycles. The number of methoxy groups -OCH3 is 1. The molecule has 24 heavy (non-hydrogen) atoms. The third-order valence-corrected chi connectivity index (χ3v) is 6.81. The molecule has 1 saturated carbocycles. The average molecular weight is 375 g/mol. The van der Waals surface area contributed by atoms with Crippen LogP contribution in [0.3, 0.4) is 0 Å². The van der Waals surface area contributed by atoms with Gasteiger partial charge in [-0.15, -0.1) is 12.4 Å². The minimum absolute atomic E-state index is 0. The van der Waals surface area contributed by atoms with Gasteiger partial charge in [0, 0.05) is 25.7 Å². The molecule has 2 aliphatic rings. The van der Waals surface area contributed by atoms with Gasteiger partial charge >= 0.3 is 5.97 Å². The predicted molar refractivity (Wildman–Crippen MR) is 92.8 cm³/mol. The number of halogens is 1. The molecule has 2 fully saturated rings. The number of nitrogens with zero attached hydrogens (tertiary/aromatic N) is 1. The van der Waals surface area contributed by atoms with Crippen LogP contribution in [0.25, 0.3) is 0 Å². The van der Waals surface area contributed by atoms with E-state index in [0.717, 1.165) is 18.4 Å². The molecule has 1 aromatic rings. The summed E-state index contributed by atoms with van der Waals surface area (Å²) < 4.78 is 31.9. The zero-order valence-electron chi connectivity index (χ0n) is 13.8. The number of sulfonamides is 1. The molecule has 6 nitrogen and oxygen atoms in total. The Labute approximate surface area is 149 Å². The lowest BCUT2D eigenvalue weighted by Crippen LogP contribution is -2.52. The molecule has 0 amide bonds. The van der Waals surface area contributed by atoms with E-state index in [4.69, 9.17) is 4.74 Å². The molecular weight excluding hydrogens is 352 g/mol. The van der Waals surface area contributed by atoms with Crippen molar-refractivity contribution in [2.75, 3.05) is 26.7 Å². The third-order valence-electron chi connectivity index (χ3n) is 4.78. The van der Waals surface area contributed by atoms with Crippen molar-refractivity contribution in [3.8, 4) is 0 Å². The van der Waals surface area contributed by atoms with Crippen LogP contribution in [0, 0.1) is 0 Å². The van der Waals surface area contributed by atoms with E-state index in [2.05, 4.69) is 5.32 Å². The number of carbonyl (C=O) groups is 1. The SMILES string of the molecule is COC(=O)C1(c2ccc(S(=O)(=O)N3CCNCC3C)cc2)CC1.Cl. The first-order chi connectivity index (χ1) is 10.9. The Hall–Kier alpha value is -1.15. The zero-order valence-corrected chi connectivity index (χ0v) is 15.5. The molecule has 1 aliphatic heterocycles. The highest BCUT2D eigenvalue weighted by Crippen LogP contribution is 2.49. The first kappa shape index (κ1) is 19.2. The molecule has 0 aromatic heterocycles. The molecule has 0 spiro atoms. The van der Waals surface area contributed by atoms with Crippen LogP contribution in [0.1, 0.15) is 25.3 Å². The van der Waals surface area contributed by atoms with Crippen molar-refractivity contribution in [1.82, 2.24) is 9.62 Å². The largest absolute Gasteiger partial charge is 0.468 e. The number of piperazine rings is 1. The molecule has 134 valence electrons. The van der Waals surface area contributed by atoms with E-state index in [-0.39, 0.29) is 29.3 Å². The summed E-state index contributed by atoms with van der Waals surface area (Å²) in [5.41, 5.74) is 0.260. The average Bonchev–Trinajstić information content (AvgIpc) is 3.36. The fourth-order valence-electron chi connectivity index (χ4n) is 3.19. The van der Waals surface area contributed by atoms with Crippen molar-refractivity contribution in [2.24, 2.45) is 0 Å². The van der Waals surface area contributed by atoms with Gasteiger partial charge in [-0.1, -0.05) is 12.1 Å². The van der Waals surface area contributed by atoms with Gasteiger partial charge in [0.1, 0.15) is 0 Å². The van der Waals surface area contributed by atoms with Gasteiger partial charge in [0.05, 0.1) is 17.4 Å². The second-order valence-corrected chi connectivity index (χ2v) is 8.16. The Morgan fingerprint density at radius 2 is 1.92 bits per heavy atom. The number of ether oxygens (including phenoxy) is 1. The van der Waals surface area contributed by atoms with Crippen molar-refractivity contribution >= 4 is 28.4 Å². The third kappa shape index (κ3) is 3.18. The van der Waals surface area contributed by atoms with E-state index < -0.39 is 15.4 Å². The molecule has 8 heteroatoms. The van der Waals surface area contributed by atoms with E-state index in [9.17, 15) is 13.2 Å². The molecule has 0 radical (unpaired) electrons. The highest BCUT2D eigenvalue weighted by molar-refractivity contribution is 7.89. The molecule has 1 unspecified atom stereocenters. The zero-order chi connectivity index (χ0) is 16.7. The monoisotopic (exact) mass is 374 g/mol. The summed E-state index contributed by atoms with van der Waals surface area (Å²) in [5.74, 6) is -0.246. The Bertz CT molecular complexity index is 701. The maximum absolute atomic E-state index is 12.8. The molecule has 1 aliphatic carbocycles. The summed E-state index contributed by atoms with van der Waals surface area (Å²) in [7, 11) is -2.12. The first-order valence-corrected chi connectivity index (χ1v) is 9.27. The summed E-state index contributed by atoms with van der Waals surface area (Å²) in [4.78, 5) is 12.2. The Kier molecular flexibility index (Phi) is 5.59. The molecule has 1 saturated heterocycles. The lowest BCUT2D eigenvalue weighted by atomic mass is 9.96. The number of rotatable bonds is 4. The van der Waals surface area contributed by atoms with E-state index in [1.54, 1.807) is 24.3 Å². The van der Waals surface area contributed by atoms with Crippen LogP contribution >= 0.6 is 12.4 Å². The Morgan fingerprint density at radius 3 is 2.42 bits per heavy atom. The molecular formula is C16H23ClN2O4S. The van der Waals surface area contributed by atoms with E-state index in [1.165, 1.54) is 11.4 Å². The summed E-state index contributed by atoms with van der Waals surface area (Å²) in [6.07, 6.45) is 1.50. The molecule has 1 aromatic carbocycles. The summed E-state index contributed by atoms with van der Waals surface area (Å²) in [6, 6.07) is 6.61. The summed E-state index contributed by atoms with van der Waals surface area (Å²) >= 11 is 0. The first-order valence-electron chi connectivity index (χ1n) is 7.83. The summed E-state index contributed by atoms with van der Waals surface area (Å²) in [6.45, 7) is 3.68. The van der Waals surface area contributed by atoms with Gasteiger partial charge in [-0.05, 0) is 37.5 Å². The molecule has 3 rings (SSSR count). The lowest BCUT2D eigenvalue weighted by Gasteiger charge is -2.32. The van der Waals surface area contributed by atoms with Crippen LogP contribution in [0.2, 0.25) is 0 Å². The van der Waals surface area contributed by atoms with Gasteiger partial charge in [-0.25, -0.2) is 8.42 Å². The van der Waals surface area contributed by atoms with Crippen LogP contribution in [0.15, 0.2) is 29.2 Å². The fraction of sp³-hybridized carbons (Fsp3) is 0.562. The number of hydrogen-bond donors (Lipinski definition) is 1. The molecule has 1 atom stereocenters. The minimum Gasteiger partial charge on any atom is -0.468 e. The van der Waals surface area contributed by atoms with Gasteiger partial charge < -0.3 is 10.1 Å². The van der Waals surface area contributed by atoms with Crippen molar-refractivity contribution < 1.29 is 17.9 Å². The van der Waals surface area contributed by atoms with Crippen LogP contribution in [0.5, 0.6) is 0 Å². The molecule has 1 N–H and O–H groups in total. The van der Waals surface area contributed by atoms with Crippen molar-refractivity contribution in [2.45, 2.75) is 36.1 Å². The van der Waals surface area contributed by atoms with Crippen LogP contribution in [-0.4, -0.2) is 51.5 Å². The Morgan fingerprint density at radius 1 is 1.29 bits per heavy atom. The second-order valence-electron chi connectivity index (χ2n) is 6.27. The van der Waals surface area contributed by atoms with Crippen LogP contribution < -0.4 is 5.32 Å². The van der Waals surface area contributed by atoms with Crippen LogP contribution in [0.4, 0.5) is 0 Å². The fourth-order valence-corrected chi connectivity index (χ4v) is 4.82. The number of hydrogen-bond acceptors (Lipinski definition) is 5. The van der Waals surface area contributed by atoms with Crippen molar-refractivity contribution in [1.29, 1.82) is 0 Å². The topological polar surface area (TPSA) is 75.7 Å². The lowest BCUT2D eigenvalue weighted by molar-refractivity contribution is -0.143. The van der Waals surface area contributed by atoms with Crippen molar-refractivity contribution in [3.05, 3.63) is 29.8 Å².